The van der Waals surface area contributed by atoms with Crippen molar-refractivity contribution in [3.63, 3.8) is 0 Å². The van der Waals surface area contributed by atoms with Crippen LogP contribution in [0.1, 0.15) is 6.42 Å². The van der Waals surface area contributed by atoms with Crippen LogP contribution in [0.5, 0.6) is 0 Å². The van der Waals surface area contributed by atoms with E-state index >= 15 is 0 Å². The van der Waals surface area contributed by atoms with Crippen LogP contribution in [0.2, 0.25) is 0 Å². The van der Waals surface area contributed by atoms with E-state index in [1.54, 1.807) is 0 Å². The smallest absolute Gasteiger partial charge is 0.216 e. The van der Waals surface area contributed by atoms with Gasteiger partial charge >= 0.3 is 0 Å². The fraction of sp³-hybridized carbons (Fsp3) is 0.714. The Labute approximate surface area is 72.5 Å². The van der Waals surface area contributed by atoms with Gasteiger partial charge in [0, 0.05) is 13.1 Å². The minimum atomic E-state index is -3.20. The highest BCUT2D eigenvalue weighted by molar-refractivity contribution is 7.89. The van der Waals surface area contributed by atoms with Crippen molar-refractivity contribution in [3.8, 4) is 0 Å². The Morgan fingerprint density at radius 1 is 1.42 bits per heavy atom. The molecule has 1 N–H and O–H groups in total. The van der Waals surface area contributed by atoms with E-state index in [0.29, 0.717) is 13.1 Å². The molecule has 0 aromatic carbocycles. The van der Waals surface area contributed by atoms with E-state index < -0.39 is 10.0 Å². The lowest BCUT2D eigenvalue weighted by atomic mass is 10.3. The molecular weight excluding hydrogens is 178 g/mol. The van der Waals surface area contributed by atoms with E-state index in [1.807, 2.05) is 12.2 Å². The molecule has 0 spiro atoms. The second-order valence-electron chi connectivity index (χ2n) is 2.66. The number of sulfonamides is 1. The topological polar surface area (TPSA) is 57.6 Å². The van der Waals surface area contributed by atoms with Gasteiger partial charge in [0.1, 0.15) is 0 Å². The molecule has 1 heterocycles. The summed E-state index contributed by atoms with van der Waals surface area (Å²) in [5.41, 5.74) is 0. The summed E-state index contributed by atoms with van der Waals surface area (Å²) in [7, 11) is -3.20. The van der Waals surface area contributed by atoms with Gasteiger partial charge in [-0.05, 0) is 6.42 Å². The van der Waals surface area contributed by atoms with Crippen LogP contribution in [0.25, 0.3) is 0 Å². The van der Waals surface area contributed by atoms with Crippen LogP contribution in [0, 0.1) is 0 Å². The Balaban J connectivity index is 2.62. The molecule has 0 fully saturated rings. The molecule has 0 bridgehead atoms. The molecule has 1 rings (SSSR count). The van der Waals surface area contributed by atoms with Gasteiger partial charge in [-0.3, -0.25) is 0 Å². The average molecular weight is 191 g/mol. The molecule has 5 heteroatoms. The van der Waals surface area contributed by atoms with Gasteiger partial charge in [0.05, 0.1) is 12.4 Å². The van der Waals surface area contributed by atoms with Crippen LogP contribution in [-0.4, -0.2) is 43.3 Å². The van der Waals surface area contributed by atoms with Gasteiger partial charge in [0.15, 0.2) is 0 Å². The fourth-order valence-electron chi connectivity index (χ4n) is 1.12. The highest BCUT2D eigenvalue weighted by Crippen LogP contribution is 2.07. The van der Waals surface area contributed by atoms with Gasteiger partial charge in [0.25, 0.3) is 0 Å². The van der Waals surface area contributed by atoms with Crippen molar-refractivity contribution in [3.05, 3.63) is 12.2 Å². The van der Waals surface area contributed by atoms with E-state index in [9.17, 15) is 8.42 Å². The van der Waals surface area contributed by atoms with Crippen molar-refractivity contribution in [1.29, 1.82) is 0 Å². The summed E-state index contributed by atoms with van der Waals surface area (Å²) in [6.45, 7) is 0.684. The van der Waals surface area contributed by atoms with E-state index in [2.05, 4.69) is 0 Å². The van der Waals surface area contributed by atoms with Gasteiger partial charge in [-0.25, -0.2) is 8.42 Å². The molecular formula is C7H13NO3S. The maximum Gasteiger partial charge on any atom is 0.216 e. The first-order valence-electron chi connectivity index (χ1n) is 3.90. The zero-order chi connectivity index (χ0) is 9.03. The predicted molar refractivity (Wildman–Crippen MR) is 46.2 cm³/mol. The summed E-state index contributed by atoms with van der Waals surface area (Å²) >= 11 is 0. The Hall–Kier alpha value is -0.390. The SMILES string of the molecule is O=S(=O)(CCO)N1CC=CCC1. The van der Waals surface area contributed by atoms with Crippen LogP contribution in [0.4, 0.5) is 0 Å². The van der Waals surface area contributed by atoms with Crippen molar-refractivity contribution < 1.29 is 13.5 Å². The molecule has 0 unspecified atom stereocenters. The van der Waals surface area contributed by atoms with Crippen molar-refractivity contribution in [2.24, 2.45) is 0 Å². The van der Waals surface area contributed by atoms with Crippen LogP contribution < -0.4 is 0 Å². The third kappa shape index (κ3) is 2.30. The normalized spacial score (nSPS) is 19.8. The van der Waals surface area contributed by atoms with Crippen molar-refractivity contribution in [2.45, 2.75) is 6.42 Å². The Morgan fingerprint density at radius 2 is 2.17 bits per heavy atom. The number of aliphatic hydroxyl groups excluding tert-OH is 1. The Morgan fingerprint density at radius 3 is 2.67 bits per heavy atom. The van der Waals surface area contributed by atoms with Gasteiger partial charge in [-0.15, -0.1) is 0 Å². The molecule has 1 aliphatic rings. The standard InChI is InChI=1S/C7H13NO3S/c9-6-7-12(10,11)8-4-2-1-3-5-8/h1-2,9H,3-7H2. The molecule has 0 saturated carbocycles. The lowest BCUT2D eigenvalue weighted by Gasteiger charge is -2.21. The van der Waals surface area contributed by atoms with Gasteiger partial charge < -0.3 is 5.11 Å². The molecule has 0 aromatic heterocycles. The monoisotopic (exact) mass is 191 g/mol. The average Bonchev–Trinajstić information content (AvgIpc) is 2.06. The third-order valence-electron chi connectivity index (χ3n) is 1.76. The zero-order valence-corrected chi connectivity index (χ0v) is 7.63. The quantitative estimate of drug-likeness (QED) is 0.616. The van der Waals surface area contributed by atoms with Crippen LogP contribution in [0.3, 0.4) is 0 Å². The number of hydrogen-bond acceptors (Lipinski definition) is 3. The predicted octanol–water partition coefficient (Wildman–Crippen LogP) is -0.430. The summed E-state index contributed by atoms with van der Waals surface area (Å²) in [4.78, 5) is 0. The van der Waals surface area contributed by atoms with Gasteiger partial charge in [0.2, 0.25) is 10.0 Å². The summed E-state index contributed by atoms with van der Waals surface area (Å²) < 4.78 is 24.0. The van der Waals surface area contributed by atoms with Crippen molar-refractivity contribution >= 4 is 10.0 Å². The molecule has 0 radical (unpaired) electrons. The summed E-state index contributed by atoms with van der Waals surface area (Å²) in [6.07, 6.45) is 4.56. The number of nitrogens with zero attached hydrogens (tertiary/aromatic N) is 1. The van der Waals surface area contributed by atoms with E-state index in [-0.39, 0.29) is 12.4 Å². The van der Waals surface area contributed by atoms with Crippen LogP contribution in [-0.2, 0) is 10.0 Å². The van der Waals surface area contributed by atoms with Crippen LogP contribution >= 0.6 is 0 Å². The molecule has 0 saturated heterocycles. The number of aliphatic hydroxyl groups is 1. The maximum absolute atomic E-state index is 11.3. The van der Waals surface area contributed by atoms with E-state index in [4.69, 9.17) is 5.11 Å². The molecule has 4 nitrogen and oxygen atoms in total. The zero-order valence-electron chi connectivity index (χ0n) is 6.81. The van der Waals surface area contributed by atoms with Gasteiger partial charge in [-0.2, -0.15) is 4.31 Å². The summed E-state index contributed by atoms with van der Waals surface area (Å²) in [5, 5.41) is 8.51. The number of rotatable bonds is 3. The van der Waals surface area contributed by atoms with Crippen LogP contribution in [0.15, 0.2) is 12.2 Å². The lowest BCUT2D eigenvalue weighted by molar-refractivity contribution is 0.315. The second kappa shape index (κ2) is 4.02. The summed E-state index contributed by atoms with van der Waals surface area (Å²) in [6, 6.07) is 0. The van der Waals surface area contributed by atoms with Crippen molar-refractivity contribution in [1.82, 2.24) is 4.31 Å². The third-order valence-corrected chi connectivity index (χ3v) is 3.58. The molecule has 0 atom stereocenters. The highest BCUT2D eigenvalue weighted by Gasteiger charge is 2.20. The molecule has 0 aliphatic carbocycles. The second-order valence-corrected chi connectivity index (χ2v) is 4.75. The molecule has 70 valence electrons. The Kier molecular flexibility index (Phi) is 3.25. The fourth-order valence-corrected chi connectivity index (χ4v) is 2.30. The van der Waals surface area contributed by atoms with Crippen molar-refractivity contribution in [2.75, 3.05) is 25.4 Å². The molecule has 12 heavy (non-hydrogen) atoms. The molecule has 0 aromatic rings. The number of hydrogen-bond donors (Lipinski definition) is 1. The largest absolute Gasteiger partial charge is 0.395 e. The highest BCUT2D eigenvalue weighted by atomic mass is 32.2. The Bertz CT molecular complexity index is 258. The lowest BCUT2D eigenvalue weighted by Crippen LogP contribution is -2.36. The first-order valence-corrected chi connectivity index (χ1v) is 5.51. The van der Waals surface area contributed by atoms with Gasteiger partial charge in [-0.1, -0.05) is 12.2 Å². The minimum absolute atomic E-state index is 0.166. The maximum atomic E-state index is 11.3. The minimum Gasteiger partial charge on any atom is -0.395 e. The molecule has 0 amide bonds. The molecule has 1 aliphatic heterocycles. The first kappa shape index (κ1) is 9.70. The van der Waals surface area contributed by atoms with E-state index in [1.165, 1.54) is 4.31 Å². The van der Waals surface area contributed by atoms with E-state index in [0.717, 1.165) is 6.42 Å². The summed E-state index contributed by atoms with van der Waals surface area (Å²) in [5.74, 6) is -0.166. The first-order chi connectivity index (χ1) is 5.67.